The molecule has 1 radical (unpaired) electrons. The summed E-state index contributed by atoms with van der Waals surface area (Å²) in [4.78, 5) is 0. The van der Waals surface area contributed by atoms with Gasteiger partial charge >= 0.3 is 0 Å². The van der Waals surface area contributed by atoms with Crippen molar-refractivity contribution in [3.63, 3.8) is 0 Å². The van der Waals surface area contributed by atoms with Crippen LogP contribution in [0, 0.1) is 11.3 Å². The van der Waals surface area contributed by atoms with Crippen LogP contribution in [0.5, 0.6) is 0 Å². The van der Waals surface area contributed by atoms with Gasteiger partial charge in [0.2, 0.25) is 0 Å². The summed E-state index contributed by atoms with van der Waals surface area (Å²) in [6.45, 7) is 11.0. The van der Waals surface area contributed by atoms with Gasteiger partial charge in [-0.15, -0.1) is 0 Å². The van der Waals surface area contributed by atoms with E-state index in [1.165, 1.54) is 5.92 Å². The minimum absolute atomic E-state index is 0. The molecule has 0 aliphatic rings. The SMILES string of the molecule is C[C-](C)C(C)(C)C.[Re]. The van der Waals surface area contributed by atoms with E-state index in [9.17, 15) is 0 Å². The fraction of sp³-hybridized carbons (Fsp3) is 0.857. The molecule has 0 aliphatic carbocycles. The molecule has 0 amide bonds. The van der Waals surface area contributed by atoms with E-state index in [1.807, 2.05) is 0 Å². The third-order valence-corrected chi connectivity index (χ3v) is 1.50. The summed E-state index contributed by atoms with van der Waals surface area (Å²) in [5.74, 6) is 1.49. The molecule has 0 spiro atoms. The summed E-state index contributed by atoms with van der Waals surface area (Å²) in [6.07, 6.45) is 0. The summed E-state index contributed by atoms with van der Waals surface area (Å²) in [6, 6.07) is 0. The van der Waals surface area contributed by atoms with Crippen molar-refractivity contribution in [3.8, 4) is 0 Å². The van der Waals surface area contributed by atoms with Crippen molar-refractivity contribution in [2.75, 3.05) is 0 Å². The Balaban J connectivity index is 0. The number of hydrogen-bond acceptors (Lipinski definition) is 0. The van der Waals surface area contributed by atoms with Crippen LogP contribution in [0.15, 0.2) is 0 Å². The molecule has 0 N–H and O–H groups in total. The minimum atomic E-state index is 0. The molecule has 0 nitrogen and oxygen atoms in total. The van der Waals surface area contributed by atoms with Crippen LogP contribution in [0.4, 0.5) is 0 Å². The van der Waals surface area contributed by atoms with Gasteiger partial charge in [-0.2, -0.15) is 19.3 Å². The third kappa shape index (κ3) is 4.81. The van der Waals surface area contributed by atoms with Crippen molar-refractivity contribution in [2.24, 2.45) is 5.41 Å². The molecule has 0 aliphatic heterocycles. The minimum Gasteiger partial charge on any atom is -0.314 e. The molecular formula is C7H15Re-. The summed E-state index contributed by atoms with van der Waals surface area (Å²) < 4.78 is 0. The van der Waals surface area contributed by atoms with E-state index in [4.69, 9.17) is 0 Å². The zero-order valence-corrected chi connectivity index (χ0v) is 9.09. The van der Waals surface area contributed by atoms with Gasteiger partial charge in [-0.25, -0.2) is 0 Å². The van der Waals surface area contributed by atoms with Gasteiger partial charge in [-0.3, -0.25) is 0 Å². The average Bonchev–Trinajstić information content (AvgIpc) is 1.31. The molecule has 1 heteroatoms. The van der Waals surface area contributed by atoms with Crippen molar-refractivity contribution in [3.05, 3.63) is 5.92 Å². The molecule has 0 heterocycles. The summed E-state index contributed by atoms with van der Waals surface area (Å²) in [5, 5.41) is 0. The molecule has 0 atom stereocenters. The molecule has 0 aromatic heterocycles. The van der Waals surface area contributed by atoms with E-state index in [0.717, 1.165) is 0 Å². The van der Waals surface area contributed by atoms with Gasteiger partial charge in [0.15, 0.2) is 0 Å². The van der Waals surface area contributed by atoms with Crippen LogP contribution >= 0.6 is 0 Å². The third-order valence-electron chi connectivity index (χ3n) is 1.50. The first-order chi connectivity index (χ1) is 2.94. The first kappa shape index (κ1) is 11.5. The van der Waals surface area contributed by atoms with Gasteiger partial charge in [0, 0.05) is 20.4 Å². The predicted octanol–water partition coefficient (Wildman–Crippen LogP) is 2.64. The summed E-state index contributed by atoms with van der Waals surface area (Å²) in [7, 11) is 0. The smallest absolute Gasteiger partial charge is 0 e. The topological polar surface area (TPSA) is 0 Å². The van der Waals surface area contributed by atoms with Crippen LogP contribution in [-0.2, 0) is 20.4 Å². The van der Waals surface area contributed by atoms with Crippen LogP contribution < -0.4 is 0 Å². The normalized spacial score (nSPS) is 11.2. The van der Waals surface area contributed by atoms with Crippen molar-refractivity contribution in [1.82, 2.24) is 0 Å². The van der Waals surface area contributed by atoms with E-state index in [0.29, 0.717) is 5.41 Å². The Morgan fingerprint density at radius 2 is 1.12 bits per heavy atom. The van der Waals surface area contributed by atoms with Crippen molar-refractivity contribution < 1.29 is 20.4 Å². The second-order valence-corrected chi connectivity index (χ2v) is 3.25. The van der Waals surface area contributed by atoms with Crippen LogP contribution in [0.25, 0.3) is 0 Å². The fourth-order valence-electron chi connectivity index (χ4n) is 0. The Morgan fingerprint density at radius 3 is 1.12 bits per heavy atom. The molecule has 0 aromatic rings. The van der Waals surface area contributed by atoms with Gasteiger partial charge in [0.25, 0.3) is 0 Å². The first-order valence-corrected chi connectivity index (χ1v) is 2.75. The van der Waals surface area contributed by atoms with E-state index >= 15 is 0 Å². The second kappa shape index (κ2) is 3.64. The molecule has 0 saturated carbocycles. The Kier molecular flexibility index (Phi) is 5.22. The molecule has 0 fully saturated rings. The molecule has 0 bridgehead atoms. The summed E-state index contributed by atoms with van der Waals surface area (Å²) >= 11 is 0. The molecular weight excluding hydrogens is 270 g/mol. The predicted molar refractivity (Wildman–Crippen MR) is 34.0 cm³/mol. The Morgan fingerprint density at radius 1 is 1.00 bits per heavy atom. The second-order valence-electron chi connectivity index (χ2n) is 3.25. The van der Waals surface area contributed by atoms with Gasteiger partial charge in [-0.1, -0.05) is 20.8 Å². The molecule has 0 rings (SSSR count). The van der Waals surface area contributed by atoms with Crippen molar-refractivity contribution >= 4 is 0 Å². The summed E-state index contributed by atoms with van der Waals surface area (Å²) in [5.41, 5.74) is 0.417. The Hall–Kier alpha value is 0.662. The van der Waals surface area contributed by atoms with Crippen molar-refractivity contribution in [2.45, 2.75) is 34.6 Å². The van der Waals surface area contributed by atoms with Gasteiger partial charge in [-0.05, 0) is 0 Å². The maximum Gasteiger partial charge on any atom is 0 e. The Bertz CT molecular complexity index is 49.9. The monoisotopic (exact) mass is 286 g/mol. The molecule has 0 saturated heterocycles. The van der Waals surface area contributed by atoms with Crippen molar-refractivity contribution in [1.29, 1.82) is 0 Å². The largest absolute Gasteiger partial charge is 0.314 e. The maximum absolute atomic E-state index is 2.22. The number of rotatable bonds is 0. The molecule has 8 heavy (non-hydrogen) atoms. The van der Waals surface area contributed by atoms with E-state index in [1.54, 1.807) is 0 Å². The quantitative estimate of drug-likeness (QED) is 0.600. The maximum atomic E-state index is 2.22. The van der Waals surface area contributed by atoms with E-state index in [-0.39, 0.29) is 20.4 Å². The zero-order valence-electron chi connectivity index (χ0n) is 6.38. The van der Waals surface area contributed by atoms with Gasteiger partial charge in [0.1, 0.15) is 0 Å². The molecule has 51 valence electrons. The fourth-order valence-corrected chi connectivity index (χ4v) is 0. The molecule has 0 unspecified atom stereocenters. The van der Waals surface area contributed by atoms with Gasteiger partial charge in [0.05, 0.1) is 0 Å². The average molecular weight is 285 g/mol. The first-order valence-electron chi connectivity index (χ1n) is 2.75. The van der Waals surface area contributed by atoms with Gasteiger partial charge < -0.3 is 5.92 Å². The Labute approximate surface area is 66.7 Å². The van der Waals surface area contributed by atoms with Crippen LogP contribution in [0.2, 0.25) is 0 Å². The number of hydrogen-bond donors (Lipinski definition) is 0. The standard InChI is InChI=1S/C7H15.Re/c1-6(2)7(3,4)5;/h1-5H3;/q-1;. The van der Waals surface area contributed by atoms with E-state index < -0.39 is 0 Å². The van der Waals surface area contributed by atoms with Crippen LogP contribution in [-0.4, -0.2) is 0 Å². The zero-order chi connectivity index (χ0) is 6.08. The molecule has 0 aromatic carbocycles. The van der Waals surface area contributed by atoms with Crippen LogP contribution in [0.1, 0.15) is 34.6 Å². The van der Waals surface area contributed by atoms with Crippen LogP contribution in [0.3, 0.4) is 0 Å². The van der Waals surface area contributed by atoms with E-state index in [2.05, 4.69) is 34.6 Å².